The highest BCUT2D eigenvalue weighted by Gasteiger charge is 2.22. The quantitative estimate of drug-likeness (QED) is 0.0156. The molecule has 3 saturated heterocycles. The fraction of sp³-hybridized carbons (Fsp3) is 0.420. The van der Waals surface area contributed by atoms with Gasteiger partial charge in [-0.05, 0) is 110 Å². The number of hydrazine groups is 2. The van der Waals surface area contributed by atoms with E-state index in [0.717, 1.165) is 162 Å². The van der Waals surface area contributed by atoms with Crippen molar-refractivity contribution in [3.05, 3.63) is 195 Å². The molecule has 3 aliphatic heterocycles. The fourth-order valence-corrected chi connectivity index (χ4v) is 11.6. The number of para-hydroxylation sites is 3. The van der Waals surface area contributed by atoms with Crippen LogP contribution < -0.4 is 56.9 Å². The molecule has 6 N–H and O–H groups in total. The van der Waals surface area contributed by atoms with E-state index in [4.69, 9.17) is 60.7 Å². The Hall–Kier alpha value is -6.86. The zero-order valence-corrected chi connectivity index (χ0v) is 59.5. The summed E-state index contributed by atoms with van der Waals surface area (Å²) in [5.41, 5.74) is 3.48. The average molecular weight is 1440 g/mol. The summed E-state index contributed by atoms with van der Waals surface area (Å²) >= 11 is 18.3. The van der Waals surface area contributed by atoms with Crippen molar-refractivity contribution in [3.8, 4) is 17.2 Å². The van der Waals surface area contributed by atoms with E-state index < -0.39 is 0 Å². The predicted molar refractivity (Wildman–Crippen MR) is 396 cm³/mol. The lowest BCUT2D eigenvalue weighted by molar-refractivity contribution is 0.187. The van der Waals surface area contributed by atoms with Gasteiger partial charge in [-0.3, -0.25) is 29.3 Å². The first kappa shape index (κ1) is 79.8. The minimum Gasteiger partial charge on any atom is -0.492 e. The summed E-state index contributed by atoms with van der Waals surface area (Å²) in [5.74, 6) is 15.0. The monoisotopic (exact) mass is 1440 g/mol. The van der Waals surface area contributed by atoms with Gasteiger partial charge in [0, 0.05) is 156 Å². The number of carbonyl (C=O) groups is 2. The first-order valence-corrected chi connectivity index (χ1v) is 33.5. The molecule has 0 bridgehead atoms. The molecule has 0 aliphatic carbocycles. The topological polar surface area (TPSA) is 204 Å². The van der Waals surface area contributed by atoms with Crippen LogP contribution in [-0.4, -0.2) is 195 Å². The van der Waals surface area contributed by atoms with Crippen LogP contribution in [0.3, 0.4) is 0 Å². The van der Waals surface area contributed by atoms with E-state index in [-0.39, 0.29) is 55.0 Å². The summed E-state index contributed by atoms with van der Waals surface area (Å²) in [7, 11) is 0. The molecule has 3 fully saturated rings. The van der Waals surface area contributed by atoms with Crippen molar-refractivity contribution in [1.82, 2.24) is 49.7 Å². The normalized spacial score (nSPS) is 14.0. The number of anilines is 3. The number of amides is 4. The molecule has 0 unspecified atom stereocenters. The van der Waals surface area contributed by atoms with Crippen LogP contribution in [0, 0.1) is 0 Å². The Bertz CT molecular complexity index is 3210. The highest BCUT2D eigenvalue weighted by atomic mass is 35.5. The smallest absolute Gasteiger partial charge is 0.346 e. The van der Waals surface area contributed by atoms with Crippen molar-refractivity contribution in [1.29, 1.82) is 0 Å². The summed E-state index contributed by atoms with van der Waals surface area (Å²) < 4.78 is 20.2. The Morgan fingerprint density at radius 2 is 0.802 bits per heavy atom. The SMILES string of the molecule is CCc1nn(CCCN2CCN(c3cccc(Cl)c3)CC2)c(=O)n1CCOc1ccccc1.Cl.Cl.Cl.NN(CCCN1CCN(c2cccc(Cl)c2)CC1)C(=O)NCCOc1ccccc1.NN(CCCN1CCN(c2cccc(Cl)c2)CC1)C(=O)NCCOc1ccccc1. The zero-order chi connectivity index (χ0) is 65.4. The second kappa shape index (κ2) is 44.1. The Balaban J connectivity index is 0.000000257. The lowest BCUT2D eigenvalue weighted by Crippen LogP contribution is -2.49. The third-order valence-corrected chi connectivity index (χ3v) is 16.9. The van der Waals surface area contributed by atoms with Gasteiger partial charge in [-0.15, -0.1) is 37.2 Å². The molecule has 524 valence electrons. The van der Waals surface area contributed by atoms with Crippen LogP contribution in [0.1, 0.15) is 32.0 Å². The van der Waals surface area contributed by atoms with E-state index in [1.54, 1.807) is 9.25 Å². The van der Waals surface area contributed by atoms with E-state index in [9.17, 15) is 14.4 Å². The number of rotatable bonds is 28. The second-order valence-corrected chi connectivity index (χ2v) is 24.1. The number of piperazine rings is 3. The van der Waals surface area contributed by atoms with Crippen LogP contribution >= 0.6 is 72.0 Å². The number of nitrogens with two attached hydrogens (primary N) is 2. The third kappa shape index (κ3) is 27.6. The lowest BCUT2D eigenvalue weighted by Gasteiger charge is -2.36. The van der Waals surface area contributed by atoms with Gasteiger partial charge in [0.25, 0.3) is 0 Å². The van der Waals surface area contributed by atoms with Gasteiger partial charge in [-0.2, -0.15) is 5.10 Å². The zero-order valence-electron chi connectivity index (χ0n) is 54.8. The maximum atomic E-state index is 12.9. The van der Waals surface area contributed by atoms with E-state index in [0.29, 0.717) is 59.1 Å². The minimum absolute atomic E-state index is 0. The van der Waals surface area contributed by atoms with Gasteiger partial charge >= 0.3 is 17.8 Å². The fourth-order valence-electron chi connectivity index (χ4n) is 11.1. The Morgan fingerprint density at radius 3 is 1.15 bits per heavy atom. The van der Waals surface area contributed by atoms with Crippen molar-refractivity contribution in [2.24, 2.45) is 11.7 Å². The predicted octanol–water partition coefficient (Wildman–Crippen LogP) is 10.5. The summed E-state index contributed by atoms with van der Waals surface area (Å²) in [5, 5.41) is 14.9. The number of aryl methyl sites for hydroxylation is 2. The molecule has 3 aliphatic rings. The molecule has 96 heavy (non-hydrogen) atoms. The molecule has 4 amide bonds. The number of ether oxygens (including phenoxy) is 3. The van der Waals surface area contributed by atoms with E-state index in [1.807, 2.05) is 153 Å². The molecular formula is C69H95Cl6N15O6. The van der Waals surface area contributed by atoms with Crippen molar-refractivity contribution in [2.75, 3.05) is 159 Å². The number of nitrogens with zero attached hydrogens (tertiary/aromatic N) is 11. The molecule has 27 heteroatoms. The summed E-state index contributed by atoms with van der Waals surface area (Å²) in [4.78, 5) is 51.3. The largest absolute Gasteiger partial charge is 0.492 e. The Kier molecular flexibility index (Phi) is 36.7. The van der Waals surface area contributed by atoms with Crippen molar-refractivity contribution in [3.63, 3.8) is 0 Å². The Morgan fingerprint density at radius 1 is 0.458 bits per heavy atom. The maximum absolute atomic E-state index is 12.9. The van der Waals surface area contributed by atoms with Crippen LogP contribution in [0.15, 0.2) is 169 Å². The molecule has 0 spiro atoms. The second-order valence-electron chi connectivity index (χ2n) is 22.7. The van der Waals surface area contributed by atoms with Gasteiger partial charge in [0.15, 0.2) is 0 Å². The standard InChI is InChI=1S/C25H32ClN5O2.2C22H30ClN5O2.3ClH/c1-2-24-27-31(25(32)30(24)18-19-33-23-10-4-3-5-11-23)13-7-12-28-14-16-29(17-15-28)22-9-6-8-21(26)20-22;2*23-19-6-4-7-20(18-19)27-15-13-26(14-16-27)11-5-12-28(24)22(29)25-10-17-30-21-8-2-1-3-9-21;;;/h3-6,8-11,20H,2,7,12-19H2,1H3;2*1-4,6-9,18H,5,10-17,24H2,(H,25,29);3*1H. The average Bonchev–Trinajstić information content (AvgIpc) is 1.70. The van der Waals surface area contributed by atoms with Crippen molar-refractivity contribution < 1.29 is 23.8 Å². The Labute approximate surface area is 599 Å². The number of aromatic nitrogens is 3. The molecule has 10 rings (SSSR count). The van der Waals surface area contributed by atoms with Crippen LogP contribution in [0.2, 0.25) is 15.1 Å². The third-order valence-electron chi connectivity index (χ3n) is 16.2. The molecule has 21 nitrogen and oxygen atoms in total. The summed E-state index contributed by atoms with van der Waals surface area (Å²) in [6, 6.07) is 52.1. The van der Waals surface area contributed by atoms with Gasteiger partial charge in [-0.1, -0.05) is 115 Å². The molecule has 6 aromatic carbocycles. The van der Waals surface area contributed by atoms with Crippen LogP contribution in [-0.2, 0) is 19.5 Å². The van der Waals surface area contributed by atoms with Crippen LogP contribution in [0.25, 0.3) is 0 Å². The molecule has 0 radical (unpaired) electrons. The van der Waals surface area contributed by atoms with Crippen LogP contribution in [0.5, 0.6) is 17.2 Å². The number of hydrogen-bond acceptors (Lipinski definition) is 15. The van der Waals surface area contributed by atoms with Gasteiger partial charge < -0.3 is 39.5 Å². The molecule has 7 aromatic rings. The molecular weight excluding hydrogens is 1350 g/mol. The maximum Gasteiger partial charge on any atom is 0.346 e. The lowest BCUT2D eigenvalue weighted by atomic mass is 10.2. The molecule has 4 heterocycles. The number of benzene rings is 6. The highest BCUT2D eigenvalue weighted by molar-refractivity contribution is 6.31. The number of urea groups is 2. The molecule has 0 saturated carbocycles. The summed E-state index contributed by atoms with van der Waals surface area (Å²) in [6.45, 7) is 20.8. The summed E-state index contributed by atoms with van der Waals surface area (Å²) in [6.07, 6.45) is 3.29. The number of carbonyl (C=O) groups excluding carboxylic acids is 2. The van der Waals surface area contributed by atoms with Gasteiger partial charge in [0.1, 0.15) is 42.9 Å². The highest BCUT2D eigenvalue weighted by Crippen LogP contribution is 2.24. The first-order chi connectivity index (χ1) is 45.4. The van der Waals surface area contributed by atoms with Gasteiger partial charge in [0.05, 0.1) is 19.6 Å². The number of nitrogens with one attached hydrogen (secondary N) is 2. The van der Waals surface area contributed by atoms with E-state index >= 15 is 0 Å². The minimum atomic E-state index is -0.280. The first-order valence-electron chi connectivity index (χ1n) is 32.4. The van der Waals surface area contributed by atoms with E-state index in [2.05, 4.69) is 63.3 Å². The van der Waals surface area contributed by atoms with Crippen molar-refractivity contribution >= 4 is 101 Å². The van der Waals surface area contributed by atoms with Crippen LogP contribution in [0.4, 0.5) is 26.7 Å². The van der Waals surface area contributed by atoms with Gasteiger partial charge in [-0.25, -0.2) is 30.8 Å². The number of halogens is 6. The molecule has 0 atom stereocenters. The van der Waals surface area contributed by atoms with E-state index in [1.165, 1.54) is 27.1 Å². The number of hydrogen-bond donors (Lipinski definition) is 4. The molecule has 1 aromatic heterocycles. The van der Waals surface area contributed by atoms with Crippen molar-refractivity contribution in [2.45, 2.75) is 45.7 Å². The van der Waals surface area contributed by atoms with Gasteiger partial charge in [0.2, 0.25) is 0 Å².